The number of hydrogen-bond acceptors (Lipinski definition) is 4. The number of aliphatic hydroxyl groups is 1. The van der Waals surface area contributed by atoms with Crippen molar-refractivity contribution < 1.29 is 19.4 Å². The van der Waals surface area contributed by atoms with E-state index in [-0.39, 0.29) is 24.2 Å². The van der Waals surface area contributed by atoms with Crippen molar-refractivity contribution in [1.82, 2.24) is 0 Å². The van der Waals surface area contributed by atoms with Crippen LogP contribution in [-0.4, -0.2) is 30.5 Å². The number of carbonyl (C=O) groups excluding carboxylic acids is 1. The molecule has 0 bridgehead atoms. The van der Waals surface area contributed by atoms with Crippen LogP contribution >= 0.6 is 22.6 Å². The third kappa shape index (κ3) is 4.68. The van der Waals surface area contributed by atoms with Gasteiger partial charge in [-0.3, -0.25) is 4.79 Å². The first-order valence-electron chi connectivity index (χ1n) is 7.73. The number of nitrogens with two attached hydrogens (primary N) is 1. The van der Waals surface area contributed by atoms with Gasteiger partial charge in [-0.1, -0.05) is 12.1 Å². The van der Waals surface area contributed by atoms with Crippen LogP contribution in [0.4, 0.5) is 0 Å². The molecule has 6 heteroatoms. The highest BCUT2D eigenvalue weighted by Gasteiger charge is 2.37. The lowest BCUT2D eigenvalue weighted by Gasteiger charge is -2.36. The zero-order valence-corrected chi connectivity index (χ0v) is 15.2. The Bertz CT molecular complexity index is 558. The van der Waals surface area contributed by atoms with Gasteiger partial charge in [-0.05, 0) is 66.1 Å². The van der Waals surface area contributed by atoms with Crippen LogP contribution in [0.2, 0.25) is 0 Å². The third-order valence-corrected chi connectivity index (χ3v) is 4.63. The van der Waals surface area contributed by atoms with Gasteiger partial charge in [0, 0.05) is 28.6 Å². The number of benzene rings is 1. The molecule has 0 radical (unpaired) electrons. The molecule has 0 unspecified atom stereocenters. The van der Waals surface area contributed by atoms with Crippen molar-refractivity contribution in [2.75, 3.05) is 13.2 Å². The number of aliphatic hydroxyl groups excluding tert-OH is 1. The molecule has 3 N–H and O–H groups in total. The molecule has 1 aliphatic rings. The van der Waals surface area contributed by atoms with Crippen molar-refractivity contribution in [3.05, 3.63) is 45.2 Å². The second-order valence-electron chi connectivity index (χ2n) is 5.44. The zero-order chi connectivity index (χ0) is 16.8. The van der Waals surface area contributed by atoms with Crippen LogP contribution < -0.4 is 5.73 Å². The van der Waals surface area contributed by atoms with E-state index in [0.29, 0.717) is 13.0 Å². The summed E-state index contributed by atoms with van der Waals surface area (Å²) in [6, 6.07) is 8.15. The second kappa shape index (κ2) is 8.65. The Morgan fingerprint density at radius 2 is 2.09 bits per heavy atom. The Kier molecular flexibility index (Phi) is 6.86. The molecule has 0 aliphatic carbocycles. The molecule has 0 saturated carbocycles. The number of ether oxygens (including phenoxy) is 2. The third-order valence-electron chi connectivity index (χ3n) is 3.91. The van der Waals surface area contributed by atoms with Crippen molar-refractivity contribution in [2.45, 2.75) is 32.0 Å². The molecule has 1 amide bonds. The molecule has 3 atom stereocenters. The largest absolute Gasteiger partial charge is 0.459 e. The van der Waals surface area contributed by atoms with Crippen molar-refractivity contribution in [3.8, 4) is 0 Å². The minimum absolute atomic E-state index is 0.0188. The SMILES string of the molecule is CCO[C@@H]1OC(C(N)=O)=C[C@H](c2ccc(I)cc2)[C@@H]1CCCO. The van der Waals surface area contributed by atoms with Gasteiger partial charge in [0.1, 0.15) is 0 Å². The molecule has 5 nitrogen and oxygen atoms in total. The Morgan fingerprint density at radius 1 is 1.39 bits per heavy atom. The van der Waals surface area contributed by atoms with Crippen LogP contribution in [0.15, 0.2) is 36.1 Å². The first kappa shape index (κ1) is 18.2. The van der Waals surface area contributed by atoms with Crippen LogP contribution in [0.1, 0.15) is 31.2 Å². The average Bonchev–Trinajstić information content (AvgIpc) is 2.54. The summed E-state index contributed by atoms with van der Waals surface area (Å²) in [5.74, 6) is -0.463. The molecule has 1 aromatic carbocycles. The summed E-state index contributed by atoms with van der Waals surface area (Å²) < 4.78 is 12.5. The highest BCUT2D eigenvalue weighted by molar-refractivity contribution is 14.1. The topological polar surface area (TPSA) is 81.8 Å². The van der Waals surface area contributed by atoms with Gasteiger partial charge in [0.15, 0.2) is 5.76 Å². The van der Waals surface area contributed by atoms with Crippen LogP contribution in [0.3, 0.4) is 0 Å². The number of allylic oxidation sites excluding steroid dienone is 1. The van der Waals surface area contributed by atoms with Crippen molar-refractivity contribution in [1.29, 1.82) is 0 Å². The molecule has 0 saturated heterocycles. The predicted molar refractivity (Wildman–Crippen MR) is 95.5 cm³/mol. The van der Waals surface area contributed by atoms with Gasteiger partial charge in [-0.2, -0.15) is 0 Å². The van der Waals surface area contributed by atoms with Crippen LogP contribution in [0.5, 0.6) is 0 Å². The van der Waals surface area contributed by atoms with E-state index in [1.54, 1.807) is 6.08 Å². The first-order chi connectivity index (χ1) is 11.1. The monoisotopic (exact) mass is 431 g/mol. The lowest BCUT2D eigenvalue weighted by atomic mass is 9.80. The minimum atomic E-state index is -0.592. The number of carbonyl (C=O) groups is 1. The van der Waals surface area contributed by atoms with Gasteiger partial charge >= 0.3 is 0 Å². The van der Waals surface area contributed by atoms with Crippen LogP contribution in [0.25, 0.3) is 0 Å². The molecule has 0 aromatic heterocycles. The fourth-order valence-electron chi connectivity index (χ4n) is 2.84. The molecular weight excluding hydrogens is 409 g/mol. The first-order valence-corrected chi connectivity index (χ1v) is 8.81. The zero-order valence-electron chi connectivity index (χ0n) is 13.1. The molecular formula is C17H22INO4. The number of hydrogen-bond donors (Lipinski definition) is 2. The molecule has 126 valence electrons. The van der Waals surface area contributed by atoms with E-state index in [1.807, 2.05) is 31.2 Å². The highest BCUT2D eigenvalue weighted by Crippen LogP contribution is 2.39. The maximum atomic E-state index is 11.6. The van der Waals surface area contributed by atoms with E-state index in [4.69, 9.17) is 15.2 Å². The van der Waals surface area contributed by atoms with Crippen LogP contribution in [-0.2, 0) is 14.3 Å². The Hall–Kier alpha value is -1.12. The summed E-state index contributed by atoms with van der Waals surface area (Å²) in [6.45, 7) is 2.47. The van der Waals surface area contributed by atoms with Gasteiger partial charge in [0.05, 0.1) is 0 Å². The van der Waals surface area contributed by atoms with Crippen molar-refractivity contribution >= 4 is 28.5 Å². The fraction of sp³-hybridized carbons (Fsp3) is 0.471. The predicted octanol–water partition coefficient (Wildman–Crippen LogP) is 2.53. The fourth-order valence-corrected chi connectivity index (χ4v) is 3.20. The van der Waals surface area contributed by atoms with E-state index in [2.05, 4.69) is 22.6 Å². The maximum absolute atomic E-state index is 11.6. The standard InChI is InChI=1S/C17H22INO4/c1-2-22-17-13(4-3-9-20)14(10-15(23-17)16(19)21)11-5-7-12(18)8-6-11/h5-8,10,13-14,17,20H,2-4,9H2,1H3,(H2,19,21)/t13-,14+,17+/m0/s1. The van der Waals surface area contributed by atoms with Gasteiger partial charge < -0.3 is 20.3 Å². The number of rotatable bonds is 7. The lowest BCUT2D eigenvalue weighted by Crippen LogP contribution is -2.37. The quantitative estimate of drug-likeness (QED) is 0.651. The molecule has 1 aromatic rings. The molecule has 0 spiro atoms. The minimum Gasteiger partial charge on any atom is -0.459 e. The van der Waals surface area contributed by atoms with E-state index >= 15 is 0 Å². The smallest absolute Gasteiger partial charge is 0.283 e. The second-order valence-corrected chi connectivity index (χ2v) is 6.69. The van der Waals surface area contributed by atoms with Gasteiger partial charge in [0.2, 0.25) is 6.29 Å². The van der Waals surface area contributed by atoms with E-state index in [1.165, 1.54) is 0 Å². The lowest BCUT2D eigenvalue weighted by molar-refractivity contribution is -0.165. The van der Waals surface area contributed by atoms with Gasteiger partial charge in [-0.15, -0.1) is 0 Å². The molecule has 2 rings (SSSR count). The van der Waals surface area contributed by atoms with E-state index < -0.39 is 12.2 Å². The number of halogens is 1. The molecule has 1 heterocycles. The Morgan fingerprint density at radius 3 is 2.65 bits per heavy atom. The summed E-state index contributed by atoms with van der Waals surface area (Å²) in [5.41, 5.74) is 6.49. The number of primary amides is 1. The maximum Gasteiger partial charge on any atom is 0.283 e. The number of amides is 1. The van der Waals surface area contributed by atoms with E-state index in [9.17, 15) is 9.90 Å². The summed E-state index contributed by atoms with van der Waals surface area (Å²) in [5, 5.41) is 9.17. The molecule has 23 heavy (non-hydrogen) atoms. The normalized spacial score (nSPS) is 24.0. The van der Waals surface area contributed by atoms with Gasteiger partial charge in [-0.25, -0.2) is 0 Å². The van der Waals surface area contributed by atoms with Gasteiger partial charge in [0.25, 0.3) is 5.91 Å². The Labute approximate surface area is 150 Å². The molecule has 1 aliphatic heterocycles. The summed E-state index contributed by atoms with van der Waals surface area (Å²) in [4.78, 5) is 11.6. The summed E-state index contributed by atoms with van der Waals surface area (Å²) in [6.07, 6.45) is 2.63. The van der Waals surface area contributed by atoms with Crippen LogP contribution in [0, 0.1) is 9.49 Å². The Balaban J connectivity index is 2.38. The summed E-state index contributed by atoms with van der Waals surface area (Å²) >= 11 is 2.26. The summed E-state index contributed by atoms with van der Waals surface area (Å²) in [7, 11) is 0. The van der Waals surface area contributed by atoms with Crippen molar-refractivity contribution in [3.63, 3.8) is 0 Å². The molecule has 0 fully saturated rings. The van der Waals surface area contributed by atoms with E-state index in [0.717, 1.165) is 15.6 Å². The van der Waals surface area contributed by atoms with Crippen molar-refractivity contribution in [2.24, 2.45) is 11.7 Å². The average molecular weight is 431 g/mol. The highest BCUT2D eigenvalue weighted by atomic mass is 127.